The molecule has 11 nitrogen and oxygen atoms in total. The lowest BCUT2D eigenvalue weighted by Crippen LogP contribution is -2.33. The maximum Gasteiger partial charge on any atom is 0.323 e. The summed E-state index contributed by atoms with van der Waals surface area (Å²) >= 11 is 3.89. The third-order valence-corrected chi connectivity index (χ3v) is 6.58. The minimum atomic E-state index is -3.86. The summed E-state index contributed by atoms with van der Waals surface area (Å²) in [7, 11) is -3.86. The zero-order valence-electron chi connectivity index (χ0n) is 17.1. The summed E-state index contributed by atoms with van der Waals surface area (Å²) < 4.78 is 28.8. The summed E-state index contributed by atoms with van der Waals surface area (Å²) in [5.41, 5.74) is 0.699. The van der Waals surface area contributed by atoms with Crippen molar-refractivity contribution >= 4 is 72.5 Å². The highest BCUT2D eigenvalue weighted by molar-refractivity contribution is 9.10. The zero-order valence-corrected chi connectivity index (χ0v) is 20.3. The van der Waals surface area contributed by atoms with Crippen molar-refractivity contribution in [2.24, 2.45) is 5.14 Å². The van der Waals surface area contributed by atoms with E-state index in [2.05, 4.69) is 21.2 Å². The van der Waals surface area contributed by atoms with Crippen LogP contribution in [0.2, 0.25) is 0 Å². The van der Waals surface area contributed by atoms with Crippen molar-refractivity contribution < 1.29 is 37.4 Å². The summed E-state index contributed by atoms with van der Waals surface area (Å²) in [4.78, 5) is 48.0. The van der Waals surface area contributed by atoms with Crippen LogP contribution in [0.3, 0.4) is 0 Å². The minimum Gasteiger partial charge on any atom is -0.483 e. The van der Waals surface area contributed by atoms with E-state index in [4.69, 9.17) is 15.0 Å². The fourth-order valence-electron chi connectivity index (χ4n) is 2.74. The van der Waals surface area contributed by atoms with E-state index in [0.29, 0.717) is 32.4 Å². The summed E-state index contributed by atoms with van der Waals surface area (Å²) in [5, 5.41) is 15.7. The van der Waals surface area contributed by atoms with Gasteiger partial charge in [0.05, 0.1) is 9.80 Å². The largest absolute Gasteiger partial charge is 0.483 e. The maximum absolute atomic E-state index is 12.4. The monoisotopic (exact) mass is 569 g/mol. The number of nitrogens with one attached hydrogen (secondary N) is 1. The van der Waals surface area contributed by atoms with Crippen molar-refractivity contribution in [1.82, 2.24) is 4.90 Å². The van der Waals surface area contributed by atoms with Crippen molar-refractivity contribution in [2.75, 3.05) is 18.5 Å². The number of aliphatic carboxylic acids is 1. The number of halogens is 1. The molecule has 1 saturated heterocycles. The quantitative estimate of drug-likeness (QED) is 0.402. The van der Waals surface area contributed by atoms with Crippen LogP contribution >= 0.6 is 27.7 Å². The molecule has 4 N–H and O–H groups in total. The van der Waals surface area contributed by atoms with Gasteiger partial charge in [0.15, 0.2) is 6.61 Å². The number of rotatable bonds is 8. The minimum absolute atomic E-state index is 0.00796. The number of primary sulfonamides is 1. The van der Waals surface area contributed by atoms with Crippen LogP contribution in [0.5, 0.6) is 5.75 Å². The van der Waals surface area contributed by atoms with E-state index < -0.39 is 46.2 Å². The molecule has 0 aromatic heterocycles. The fraction of sp³-hybridized carbons (Fsp3) is 0.100. The van der Waals surface area contributed by atoms with Crippen molar-refractivity contribution in [3.63, 3.8) is 0 Å². The molecule has 34 heavy (non-hydrogen) atoms. The van der Waals surface area contributed by atoms with Gasteiger partial charge in [-0.15, -0.1) is 0 Å². The van der Waals surface area contributed by atoms with Gasteiger partial charge in [0, 0.05) is 15.7 Å². The van der Waals surface area contributed by atoms with E-state index in [0.717, 1.165) is 0 Å². The lowest BCUT2D eigenvalue weighted by atomic mass is 10.2. The maximum atomic E-state index is 12.4. The molecule has 1 aliphatic rings. The van der Waals surface area contributed by atoms with E-state index in [1.807, 2.05) is 0 Å². The number of anilines is 1. The van der Waals surface area contributed by atoms with Gasteiger partial charge in [0.1, 0.15) is 12.3 Å². The SMILES string of the molecule is NS(=O)(=O)c1ccc(NC(=O)COc2ccc(Br)cc2/C=C2\SC(=O)N(CC(=O)O)C2=O)cc1. The molecule has 0 bridgehead atoms. The molecule has 3 amide bonds. The Bertz CT molecular complexity index is 1310. The van der Waals surface area contributed by atoms with Crippen LogP contribution in [0.15, 0.2) is 56.7 Å². The lowest BCUT2D eigenvalue weighted by molar-refractivity contribution is -0.140. The summed E-state index contributed by atoms with van der Waals surface area (Å²) in [5.74, 6) is -2.38. The smallest absolute Gasteiger partial charge is 0.323 e. The second-order valence-corrected chi connectivity index (χ2v) is 10.2. The van der Waals surface area contributed by atoms with Crippen LogP contribution in [0.1, 0.15) is 5.56 Å². The molecule has 2 aromatic carbocycles. The number of hydrogen-bond donors (Lipinski definition) is 3. The lowest BCUT2D eigenvalue weighted by Gasteiger charge is -2.11. The molecule has 0 atom stereocenters. The molecule has 2 aromatic rings. The summed E-state index contributed by atoms with van der Waals surface area (Å²) in [6.45, 7) is -1.16. The molecule has 178 valence electrons. The van der Waals surface area contributed by atoms with E-state index >= 15 is 0 Å². The van der Waals surface area contributed by atoms with Gasteiger partial charge < -0.3 is 15.2 Å². The number of ether oxygens (including phenoxy) is 1. The number of carbonyl (C=O) groups is 4. The van der Waals surface area contributed by atoms with Gasteiger partial charge in [0.25, 0.3) is 17.1 Å². The number of nitrogens with two attached hydrogens (primary N) is 1. The number of carboxylic acid groups (broad SMARTS) is 1. The molecule has 0 radical (unpaired) electrons. The topological polar surface area (TPSA) is 173 Å². The highest BCUT2D eigenvalue weighted by Crippen LogP contribution is 2.34. The predicted octanol–water partition coefficient (Wildman–Crippen LogP) is 2.23. The highest BCUT2D eigenvalue weighted by atomic mass is 79.9. The molecule has 1 heterocycles. The van der Waals surface area contributed by atoms with E-state index in [1.54, 1.807) is 18.2 Å². The highest BCUT2D eigenvalue weighted by Gasteiger charge is 2.36. The van der Waals surface area contributed by atoms with Crippen LogP contribution in [0.25, 0.3) is 6.08 Å². The Hall–Kier alpha value is -3.20. The first-order valence-corrected chi connectivity index (χ1v) is 12.4. The van der Waals surface area contributed by atoms with Crippen molar-refractivity contribution in [3.05, 3.63) is 57.4 Å². The molecule has 0 saturated carbocycles. The summed E-state index contributed by atoms with van der Waals surface area (Å²) in [6.07, 6.45) is 1.37. The first-order valence-electron chi connectivity index (χ1n) is 9.26. The molecule has 14 heteroatoms. The Morgan fingerprint density at radius 3 is 2.47 bits per heavy atom. The van der Waals surface area contributed by atoms with Crippen LogP contribution in [0.4, 0.5) is 10.5 Å². The van der Waals surface area contributed by atoms with Crippen LogP contribution in [-0.4, -0.2) is 54.6 Å². The Morgan fingerprint density at radius 2 is 1.85 bits per heavy atom. The zero-order chi connectivity index (χ0) is 25.0. The number of hydrogen-bond acceptors (Lipinski definition) is 8. The fourth-order valence-corrected chi connectivity index (χ4v) is 4.47. The van der Waals surface area contributed by atoms with Gasteiger partial charge in [0.2, 0.25) is 10.0 Å². The van der Waals surface area contributed by atoms with Crippen molar-refractivity contribution in [2.45, 2.75) is 4.90 Å². The molecule has 3 rings (SSSR count). The standard InChI is InChI=1S/C20H16BrN3O8S2/c21-12-1-6-15(11(7-12)8-16-19(28)24(9-18(26)27)20(29)33-16)32-10-17(25)23-13-2-4-14(5-3-13)34(22,30)31/h1-8H,9-10H2,(H,23,25)(H,26,27)(H2,22,30,31)/b16-8-. The Labute approximate surface area is 206 Å². The Morgan fingerprint density at radius 1 is 1.18 bits per heavy atom. The number of benzene rings is 2. The third-order valence-electron chi connectivity index (χ3n) is 4.25. The van der Waals surface area contributed by atoms with Crippen molar-refractivity contribution in [1.29, 1.82) is 0 Å². The van der Waals surface area contributed by atoms with Gasteiger partial charge in [-0.2, -0.15) is 0 Å². The molecule has 0 unspecified atom stereocenters. The molecule has 0 aliphatic carbocycles. The molecule has 1 aliphatic heterocycles. The number of carboxylic acids is 1. The number of nitrogens with zero attached hydrogens (tertiary/aromatic N) is 1. The second-order valence-electron chi connectivity index (χ2n) is 6.75. The number of thioether (sulfide) groups is 1. The van der Waals surface area contributed by atoms with Gasteiger partial charge in [-0.25, -0.2) is 13.6 Å². The molecule has 1 fully saturated rings. The Balaban J connectivity index is 1.71. The average Bonchev–Trinajstić information content (AvgIpc) is 3.00. The third kappa shape index (κ3) is 6.44. The average molecular weight is 570 g/mol. The van der Waals surface area contributed by atoms with E-state index in [1.165, 1.54) is 30.3 Å². The number of amides is 3. The molecular formula is C20H16BrN3O8S2. The van der Waals surface area contributed by atoms with Crippen LogP contribution in [0, 0.1) is 0 Å². The van der Waals surface area contributed by atoms with Gasteiger partial charge >= 0.3 is 5.97 Å². The predicted molar refractivity (Wildman–Crippen MR) is 126 cm³/mol. The van der Waals surface area contributed by atoms with Gasteiger partial charge in [-0.05, 0) is 60.3 Å². The van der Waals surface area contributed by atoms with Crippen LogP contribution < -0.4 is 15.2 Å². The van der Waals surface area contributed by atoms with Gasteiger partial charge in [-0.1, -0.05) is 15.9 Å². The molecular weight excluding hydrogens is 554 g/mol. The van der Waals surface area contributed by atoms with E-state index in [-0.39, 0.29) is 15.6 Å². The molecule has 0 spiro atoms. The number of sulfonamides is 1. The normalized spacial score (nSPS) is 15.0. The van der Waals surface area contributed by atoms with Gasteiger partial charge in [-0.3, -0.25) is 24.1 Å². The Kier molecular flexibility index (Phi) is 7.76. The first-order chi connectivity index (χ1) is 15.9. The number of carbonyl (C=O) groups excluding carboxylic acids is 3. The second kappa shape index (κ2) is 10.4. The number of imide groups is 1. The first kappa shape index (κ1) is 25.4. The van der Waals surface area contributed by atoms with Crippen molar-refractivity contribution in [3.8, 4) is 5.75 Å². The van der Waals surface area contributed by atoms with E-state index in [9.17, 15) is 27.6 Å². The summed E-state index contributed by atoms with van der Waals surface area (Å²) in [6, 6.07) is 10.0. The van der Waals surface area contributed by atoms with Crippen LogP contribution in [-0.2, 0) is 24.4 Å².